The van der Waals surface area contributed by atoms with E-state index >= 15 is 0 Å². The fourth-order valence-corrected chi connectivity index (χ4v) is 5.14. The summed E-state index contributed by atoms with van der Waals surface area (Å²) in [7, 11) is 0. The first-order valence-electron chi connectivity index (χ1n) is 10.9. The third-order valence-electron chi connectivity index (χ3n) is 5.74. The lowest BCUT2D eigenvalue weighted by Crippen LogP contribution is -2.31. The van der Waals surface area contributed by atoms with Gasteiger partial charge in [0.2, 0.25) is 5.92 Å². The Labute approximate surface area is 180 Å². The topological polar surface area (TPSA) is 65.3 Å². The normalized spacial score (nSPS) is 19.1. The lowest BCUT2D eigenvalue weighted by atomic mass is 9.84. The highest BCUT2D eigenvalue weighted by molar-refractivity contribution is 7.89. The molecule has 0 amide bonds. The third-order valence-corrected chi connectivity index (χ3v) is 6.95. The van der Waals surface area contributed by atoms with Crippen LogP contribution in [0.4, 0.5) is 8.78 Å². The molecule has 3 rings (SSSR count). The van der Waals surface area contributed by atoms with Gasteiger partial charge in [-0.15, -0.1) is 11.3 Å². The monoisotopic (exact) mass is 438 g/mol. The van der Waals surface area contributed by atoms with Crippen LogP contribution in [0.15, 0.2) is 31.1 Å². The zero-order valence-corrected chi connectivity index (χ0v) is 18.5. The Kier molecular flexibility index (Phi) is 8.25. The maximum absolute atomic E-state index is 13.4. The summed E-state index contributed by atoms with van der Waals surface area (Å²) in [6.45, 7) is 5.87. The fraction of sp³-hybridized carbons (Fsp3) is 0.636. The number of nitrogens with one attached hydrogen (secondary N) is 1. The number of hydrogen-bond acceptors (Lipinski definition) is 4. The van der Waals surface area contributed by atoms with E-state index in [-0.39, 0.29) is 24.8 Å². The predicted octanol–water partition coefficient (Wildman–Crippen LogP) is 5.16. The summed E-state index contributed by atoms with van der Waals surface area (Å²) >= 11 is -1.09. The minimum Gasteiger partial charge on any atom is -0.598 e. The zero-order chi connectivity index (χ0) is 21.6. The van der Waals surface area contributed by atoms with Gasteiger partial charge in [0.1, 0.15) is 5.75 Å². The van der Waals surface area contributed by atoms with Crippen LogP contribution >= 0.6 is 0 Å². The van der Waals surface area contributed by atoms with Crippen LogP contribution in [0, 0.1) is 5.92 Å². The third kappa shape index (κ3) is 6.49. The van der Waals surface area contributed by atoms with Crippen molar-refractivity contribution in [3.63, 3.8) is 0 Å². The Bertz CT molecular complexity index is 819. The van der Waals surface area contributed by atoms with E-state index in [0.717, 1.165) is 42.6 Å². The van der Waals surface area contributed by atoms with Crippen molar-refractivity contribution in [2.75, 3.05) is 5.75 Å². The first-order valence-corrected chi connectivity index (χ1v) is 12.2. The van der Waals surface area contributed by atoms with Gasteiger partial charge in [0.25, 0.3) is 0 Å². The molecule has 1 saturated carbocycles. The molecule has 8 heteroatoms. The Hall–Kier alpha value is -1.51. The maximum atomic E-state index is 13.4. The molecule has 1 aliphatic rings. The van der Waals surface area contributed by atoms with E-state index in [0.29, 0.717) is 25.0 Å². The maximum Gasteiger partial charge on any atom is 0.248 e. The van der Waals surface area contributed by atoms with Crippen molar-refractivity contribution in [2.45, 2.75) is 76.7 Å². The molecule has 0 aromatic carbocycles. The van der Waals surface area contributed by atoms with Crippen LogP contribution in [-0.2, 0) is 17.8 Å². The minimum atomic E-state index is -2.50. The van der Waals surface area contributed by atoms with Crippen LogP contribution in [-0.4, -0.2) is 30.8 Å². The average molecular weight is 439 g/mol. The second-order valence-corrected chi connectivity index (χ2v) is 9.60. The fourth-order valence-electron chi connectivity index (χ4n) is 3.90. The second-order valence-electron chi connectivity index (χ2n) is 8.27. The molecule has 2 atom stereocenters. The highest BCUT2D eigenvalue weighted by Crippen LogP contribution is 2.37. The van der Waals surface area contributed by atoms with E-state index in [4.69, 9.17) is 0 Å². The number of rotatable bonds is 11. The molecule has 1 N–H and O–H groups in total. The molecule has 1 aliphatic carbocycles. The molecule has 2 heterocycles. The van der Waals surface area contributed by atoms with Crippen LogP contribution in [0.2, 0.25) is 0 Å². The summed E-state index contributed by atoms with van der Waals surface area (Å²) in [5.74, 6) is -1.63. The van der Waals surface area contributed by atoms with Crippen molar-refractivity contribution >= 4 is 17.0 Å². The van der Waals surface area contributed by atoms with Crippen LogP contribution in [0.1, 0.15) is 75.6 Å². The Morgan fingerprint density at radius 2 is 2.20 bits per heavy atom. The summed E-state index contributed by atoms with van der Waals surface area (Å²) < 4.78 is 44.1. The number of fused-ring (bicyclic) bond motifs is 1. The van der Waals surface area contributed by atoms with Crippen molar-refractivity contribution in [1.82, 2.24) is 19.3 Å². The Morgan fingerprint density at radius 3 is 2.90 bits per heavy atom. The largest absolute Gasteiger partial charge is 0.598 e. The van der Waals surface area contributed by atoms with Gasteiger partial charge in [-0.3, -0.25) is 0 Å². The van der Waals surface area contributed by atoms with Crippen LogP contribution < -0.4 is 4.72 Å². The van der Waals surface area contributed by atoms with Crippen molar-refractivity contribution < 1.29 is 13.3 Å². The minimum absolute atomic E-state index is 0.0285. The molecule has 0 spiro atoms. The van der Waals surface area contributed by atoms with Gasteiger partial charge in [0, 0.05) is 24.2 Å². The number of unbranched alkanes of at least 4 members (excludes halogenated alkanes) is 1. The zero-order valence-electron chi connectivity index (χ0n) is 17.7. The van der Waals surface area contributed by atoms with Crippen molar-refractivity contribution in [2.24, 2.45) is 5.92 Å². The molecule has 0 aliphatic heterocycles. The molecule has 5 nitrogen and oxygen atoms in total. The number of imidazole rings is 1. The number of allylic oxidation sites excluding steroid dienone is 1. The smallest absolute Gasteiger partial charge is 0.248 e. The summed E-state index contributed by atoms with van der Waals surface area (Å²) in [6.07, 6.45) is 10.8. The molecule has 2 aromatic heterocycles. The van der Waals surface area contributed by atoms with Gasteiger partial charge in [-0.1, -0.05) is 19.4 Å². The van der Waals surface area contributed by atoms with Gasteiger partial charge in [-0.25, -0.2) is 18.3 Å². The summed E-state index contributed by atoms with van der Waals surface area (Å²) in [5.41, 5.74) is 2.56. The van der Waals surface area contributed by atoms with Gasteiger partial charge < -0.3 is 4.55 Å². The van der Waals surface area contributed by atoms with Gasteiger partial charge >= 0.3 is 0 Å². The number of halogens is 2. The van der Waals surface area contributed by atoms with Crippen molar-refractivity contribution in [1.29, 1.82) is 0 Å². The van der Waals surface area contributed by atoms with E-state index in [9.17, 15) is 13.3 Å². The molecule has 166 valence electrons. The van der Waals surface area contributed by atoms with Crippen molar-refractivity contribution in [3.05, 3.63) is 42.4 Å². The Morgan fingerprint density at radius 1 is 1.43 bits per heavy atom. The van der Waals surface area contributed by atoms with Gasteiger partial charge in [0.15, 0.2) is 5.65 Å². The molecular formula is C22H32F2N4OS. The summed E-state index contributed by atoms with van der Waals surface area (Å²) in [5, 5.41) is 4.49. The van der Waals surface area contributed by atoms with E-state index in [2.05, 4.69) is 28.3 Å². The van der Waals surface area contributed by atoms with Crippen LogP contribution in [0.5, 0.6) is 0 Å². The van der Waals surface area contributed by atoms with E-state index < -0.39 is 17.3 Å². The lowest BCUT2D eigenvalue weighted by molar-refractivity contribution is -0.0457. The highest BCUT2D eigenvalue weighted by Gasteiger charge is 2.35. The first-order chi connectivity index (χ1) is 14.4. The molecule has 0 radical (unpaired) electrons. The molecule has 0 bridgehead atoms. The van der Waals surface area contributed by atoms with Gasteiger partial charge in [0.05, 0.1) is 24.1 Å². The number of nitrogens with zero attached hydrogens (tertiary/aromatic N) is 3. The lowest BCUT2D eigenvalue weighted by Gasteiger charge is -2.27. The average Bonchev–Trinajstić information content (AvgIpc) is 3.12. The van der Waals surface area contributed by atoms with Crippen LogP contribution in [0.3, 0.4) is 0 Å². The van der Waals surface area contributed by atoms with E-state index in [1.165, 1.54) is 0 Å². The standard InChI is InChI=1S/C22H32F2N4OS/c1-3-5-7-20(27-30(29)12-6-4-2)18-14-21-26-19(16-28(21)25-15-18)13-17-8-10-22(23,24)11-9-17/h3,14-17,20,27H,1,4-13H2,2H3/t20-,30+/m1/s1. The predicted molar refractivity (Wildman–Crippen MR) is 117 cm³/mol. The quantitative estimate of drug-likeness (QED) is 0.389. The number of hydrogen-bond donors (Lipinski definition) is 1. The SMILES string of the molecule is C=CCC[C@@H](N[S@@+]([O-])CCCC)c1cnn2cc(CC3CCC(F)(F)CC3)nc2c1. The first kappa shape index (κ1) is 23.2. The molecule has 2 aromatic rings. The van der Waals surface area contributed by atoms with Gasteiger partial charge in [-0.2, -0.15) is 5.10 Å². The van der Waals surface area contributed by atoms with Crippen molar-refractivity contribution in [3.8, 4) is 0 Å². The molecule has 0 unspecified atom stereocenters. The van der Waals surface area contributed by atoms with Crippen LogP contribution in [0.25, 0.3) is 5.65 Å². The van der Waals surface area contributed by atoms with E-state index in [1.807, 2.05) is 18.3 Å². The summed E-state index contributed by atoms with van der Waals surface area (Å²) in [4.78, 5) is 4.68. The second kappa shape index (κ2) is 10.7. The molecule has 30 heavy (non-hydrogen) atoms. The highest BCUT2D eigenvalue weighted by atomic mass is 32.2. The van der Waals surface area contributed by atoms with E-state index in [1.54, 1.807) is 10.7 Å². The number of aromatic nitrogens is 3. The summed E-state index contributed by atoms with van der Waals surface area (Å²) in [6, 6.07) is 1.89. The van der Waals surface area contributed by atoms with Gasteiger partial charge in [-0.05, 0) is 56.1 Å². The molecule has 0 saturated heterocycles. The molecular weight excluding hydrogens is 406 g/mol. The Balaban J connectivity index is 1.70. The molecule has 1 fully saturated rings. The number of alkyl halides is 2.